The maximum Gasteiger partial charge on any atom is 0.243 e. The van der Waals surface area contributed by atoms with E-state index in [2.05, 4.69) is 24.5 Å². The molecule has 2 aromatic rings. The first-order valence-electron chi connectivity index (χ1n) is 7.05. The molecule has 2 rings (SSSR count). The molecule has 0 aliphatic rings. The normalized spacial score (nSPS) is 10.6. The highest BCUT2D eigenvalue weighted by Gasteiger charge is 2.10. The lowest BCUT2D eigenvalue weighted by atomic mass is 10.0. The fraction of sp³-hybridized carbons (Fsp3) is 0.235. The summed E-state index contributed by atoms with van der Waals surface area (Å²) in [6.07, 6.45) is 0. The summed E-state index contributed by atoms with van der Waals surface area (Å²) in [5.41, 5.74) is 2.50. The Kier molecular flexibility index (Phi) is 5.69. The molecule has 116 valence electrons. The zero-order valence-corrected chi connectivity index (χ0v) is 14.0. The molecule has 0 fully saturated rings. The standard InChI is InChI=1S/C17H18Cl2N2O/c1-11(2)12-6-3-4-9-15(12)21-16(22)10-20-17-13(18)7-5-8-14(17)19/h3-9,11,20H,10H2,1-2H3,(H,21,22). The van der Waals surface area contributed by atoms with Crippen molar-refractivity contribution in [3.05, 3.63) is 58.1 Å². The van der Waals surface area contributed by atoms with Gasteiger partial charge in [-0.2, -0.15) is 0 Å². The summed E-state index contributed by atoms with van der Waals surface area (Å²) in [4.78, 5) is 12.1. The third kappa shape index (κ3) is 4.15. The molecular formula is C17H18Cl2N2O. The lowest BCUT2D eigenvalue weighted by molar-refractivity contribution is -0.114. The van der Waals surface area contributed by atoms with E-state index in [1.165, 1.54) is 0 Å². The summed E-state index contributed by atoms with van der Waals surface area (Å²) in [6, 6.07) is 13.0. The van der Waals surface area contributed by atoms with Crippen molar-refractivity contribution in [3.8, 4) is 0 Å². The predicted molar refractivity (Wildman–Crippen MR) is 94.1 cm³/mol. The van der Waals surface area contributed by atoms with Crippen LogP contribution in [0.15, 0.2) is 42.5 Å². The largest absolute Gasteiger partial charge is 0.374 e. The molecule has 0 radical (unpaired) electrons. The summed E-state index contributed by atoms with van der Waals surface area (Å²) in [5.74, 6) is 0.187. The third-order valence-electron chi connectivity index (χ3n) is 3.25. The molecule has 0 unspecified atom stereocenters. The minimum atomic E-state index is -0.149. The van der Waals surface area contributed by atoms with Crippen molar-refractivity contribution in [2.24, 2.45) is 0 Å². The van der Waals surface area contributed by atoms with Crippen molar-refractivity contribution >= 4 is 40.5 Å². The van der Waals surface area contributed by atoms with E-state index in [1.54, 1.807) is 18.2 Å². The minimum Gasteiger partial charge on any atom is -0.374 e. The summed E-state index contributed by atoms with van der Waals surface area (Å²) < 4.78 is 0. The molecular weight excluding hydrogens is 319 g/mol. The zero-order chi connectivity index (χ0) is 16.1. The first kappa shape index (κ1) is 16.7. The molecule has 2 aromatic carbocycles. The van der Waals surface area contributed by atoms with Gasteiger partial charge in [0, 0.05) is 5.69 Å². The molecule has 1 amide bonds. The van der Waals surface area contributed by atoms with Gasteiger partial charge in [0.15, 0.2) is 0 Å². The summed E-state index contributed by atoms with van der Waals surface area (Å²) >= 11 is 12.1. The molecule has 2 N–H and O–H groups in total. The van der Waals surface area contributed by atoms with Crippen molar-refractivity contribution in [1.29, 1.82) is 0 Å². The molecule has 22 heavy (non-hydrogen) atoms. The number of halogens is 2. The lowest BCUT2D eigenvalue weighted by Gasteiger charge is -2.14. The Morgan fingerprint density at radius 2 is 1.68 bits per heavy atom. The second-order valence-electron chi connectivity index (χ2n) is 5.24. The third-order valence-corrected chi connectivity index (χ3v) is 3.88. The maximum absolute atomic E-state index is 12.1. The number of carbonyl (C=O) groups is 1. The van der Waals surface area contributed by atoms with Crippen LogP contribution in [0.3, 0.4) is 0 Å². The van der Waals surface area contributed by atoms with Crippen molar-refractivity contribution in [2.45, 2.75) is 19.8 Å². The Bertz CT molecular complexity index is 651. The van der Waals surface area contributed by atoms with Gasteiger partial charge in [0.25, 0.3) is 0 Å². The molecule has 0 spiro atoms. The average molecular weight is 337 g/mol. The maximum atomic E-state index is 12.1. The second-order valence-corrected chi connectivity index (χ2v) is 6.05. The van der Waals surface area contributed by atoms with Crippen LogP contribution in [0.4, 0.5) is 11.4 Å². The van der Waals surface area contributed by atoms with Crippen LogP contribution in [-0.4, -0.2) is 12.5 Å². The Morgan fingerprint density at radius 1 is 1.05 bits per heavy atom. The summed E-state index contributed by atoms with van der Waals surface area (Å²) in [6.45, 7) is 4.27. The van der Waals surface area contributed by atoms with Crippen LogP contribution in [0.1, 0.15) is 25.3 Å². The number of benzene rings is 2. The molecule has 0 aliphatic heterocycles. The molecule has 0 heterocycles. The van der Waals surface area contributed by atoms with Gasteiger partial charge in [0.05, 0.1) is 22.3 Å². The first-order valence-corrected chi connectivity index (χ1v) is 7.81. The average Bonchev–Trinajstić information content (AvgIpc) is 2.47. The van der Waals surface area contributed by atoms with Gasteiger partial charge in [-0.05, 0) is 29.7 Å². The van der Waals surface area contributed by atoms with Crippen LogP contribution in [0.2, 0.25) is 10.0 Å². The van der Waals surface area contributed by atoms with E-state index in [0.717, 1.165) is 11.3 Å². The molecule has 0 atom stereocenters. The number of para-hydroxylation sites is 2. The van der Waals surface area contributed by atoms with E-state index >= 15 is 0 Å². The van der Waals surface area contributed by atoms with Crippen LogP contribution in [0.25, 0.3) is 0 Å². The van der Waals surface area contributed by atoms with Gasteiger partial charge in [-0.3, -0.25) is 4.79 Å². The Balaban J connectivity index is 2.02. The topological polar surface area (TPSA) is 41.1 Å². The van der Waals surface area contributed by atoms with Gasteiger partial charge in [-0.1, -0.05) is 61.3 Å². The van der Waals surface area contributed by atoms with E-state index in [0.29, 0.717) is 21.7 Å². The van der Waals surface area contributed by atoms with Gasteiger partial charge in [-0.25, -0.2) is 0 Å². The number of anilines is 2. The quantitative estimate of drug-likeness (QED) is 0.790. The van der Waals surface area contributed by atoms with Crippen molar-refractivity contribution in [2.75, 3.05) is 17.2 Å². The fourth-order valence-electron chi connectivity index (χ4n) is 2.14. The molecule has 3 nitrogen and oxygen atoms in total. The van der Waals surface area contributed by atoms with E-state index < -0.39 is 0 Å². The molecule has 0 saturated heterocycles. The second kappa shape index (κ2) is 7.52. The summed E-state index contributed by atoms with van der Waals surface area (Å²) in [7, 11) is 0. The van der Waals surface area contributed by atoms with Gasteiger partial charge < -0.3 is 10.6 Å². The highest BCUT2D eigenvalue weighted by atomic mass is 35.5. The van der Waals surface area contributed by atoms with E-state index in [1.807, 2.05) is 24.3 Å². The number of hydrogen-bond acceptors (Lipinski definition) is 2. The predicted octanol–water partition coefficient (Wildman–Crippen LogP) is 5.17. The van der Waals surface area contributed by atoms with Crippen LogP contribution < -0.4 is 10.6 Å². The molecule has 0 aromatic heterocycles. The van der Waals surface area contributed by atoms with E-state index in [4.69, 9.17) is 23.2 Å². The summed E-state index contributed by atoms with van der Waals surface area (Å²) in [5, 5.41) is 6.86. The fourth-order valence-corrected chi connectivity index (χ4v) is 2.68. The zero-order valence-electron chi connectivity index (χ0n) is 12.5. The Hall–Kier alpha value is -1.71. The van der Waals surface area contributed by atoms with Gasteiger partial charge in [-0.15, -0.1) is 0 Å². The smallest absolute Gasteiger partial charge is 0.243 e. The van der Waals surface area contributed by atoms with Gasteiger partial charge >= 0.3 is 0 Å². The molecule has 0 bridgehead atoms. The molecule has 0 saturated carbocycles. The monoisotopic (exact) mass is 336 g/mol. The highest BCUT2D eigenvalue weighted by Crippen LogP contribution is 2.29. The first-order chi connectivity index (χ1) is 10.5. The number of carbonyl (C=O) groups excluding carboxylic acids is 1. The van der Waals surface area contributed by atoms with Crippen LogP contribution in [-0.2, 0) is 4.79 Å². The number of amides is 1. The van der Waals surface area contributed by atoms with E-state index in [-0.39, 0.29) is 12.5 Å². The lowest BCUT2D eigenvalue weighted by Crippen LogP contribution is -2.22. The molecule has 5 heteroatoms. The Labute approximate surface area is 140 Å². The highest BCUT2D eigenvalue weighted by molar-refractivity contribution is 6.39. The van der Waals surface area contributed by atoms with Gasteiger partial charge in [0.2, 0.25) is 5.91 Å². The van der Waals surface area contributed by atoms with Crippen LogP contribution in [0, 0.1) is 0 Å². The van der Waals surface area contributed by atoms with Crippen molar-refractivity contribution in [1.82, 2.24) is 0 Å². The molecule has 0 aliphatic carbocycles. The van der Waals surface area contributed by atoms with Crippen LogP contribution >= 0.6 is 23.2 Å². The number of rotatable bonds is 5. The SMILES string of the molecule is CC(C)c1ccccc1NC(=O)CNc1c(Cl)cccc1Cl. The Morgan fingerprint density at radius 3 is 2.32 bits per heavy atom. The number of nitrogens with one attached hydrogen (secondary N) is 2. The van der Waals surface area contributed by atoms with Gasteiger partial charge in [0.1, 0.15) is 0 Å². The minimum absolute atomic E-state index is 0.0931. The van der Waals surface area contributed by atoms with Crippen LogP contribution in [0.5, 0.6) is 0 Å². The van der Waals surface area contributed by atoms with E-state index in [9.17, 15) is 4.79 Å². The van der Waals surface area contributed by atoms with Crippen molar-refractivity contribution < 1.29 is 4.79 Å². The number of hydrogen-bond donors (Lipinski definition) is 2. The van der Waals surface area contributed by atoms with Crippen molar-refractivity contribution in [3.63, 3.8) is 0 Å².